The molecule has 0 saturated carbocycles. The molecular weight excluding hydrogens is 160 g/mol. The van der Waals surface area contributed by atoms with Crippen LogP contribution in [-0.2, 0) is 18.9 Å². The van der Waals surface area contributed by atoms with Crippen molar-refractivity contribution in [3.05, 3.63) is 24.5 Å². The average molecular weight is 170 g/mol. The summed E-state index contributed by atoms with van der Waals surface area (Å²) < 4.78 is 20.7. The third kappa shape index (κ3) is 1.60. The molecule has 1 atom stereocenters. The number of ether oxygens (including phenoxy) is 4. The Morgan fingerprint density at radius 3 is 2.92 bits per heavy atom. The molecule has 0 aromatic heterocycles. The highest BCUT2D eigenvalue weighted by Crippen LogP contribution is 2.15. The van der Waals surface area contributed by atoms with Crippen molar-refractivity contribution in [1.29, 1.82) is 0 Å². The first kappa shape index (κ1) is 7.64. The summed E-state index contributed by atoms with van der Waals surface area (Å²) in [6.45, 7) is 1.79. The SMILES string of the molecule is C1=COC(C2COCCO2)=CO1. The molecule has 0 amide bonds. The van der Waals surface area contributed by atoms with E-state index in [9.17, 15) is 0 Å². The molecule has 1 fully saturated rings. The standard InChI is InChI=1S/C8H10O4/c1-3-11-7(5-9-1)8-6-10-2-4-12-8/h1,3,5,8H,2,4,6H2. The van der Waals surface area contributed by atoms with Gasteiger partial charge < -0.3 is 18.9 Å². The van der Waals surface area contributed by atoms with Gasteiger partial charge in [0.15, 0.2) is 5.76 Å². The zero-order valence-corrected chi connectivity index (χ0v) is 6.56. The van der Waals surface area contributed by atoms with Crippen LogP contribution in [0.2, 0.25) is 0 Å². The first-order chi connectivity index (χ1) is 5.97. The van der Waals surface area contributed by atoms with E-state index in [0.717, 1.165) is 0 Å². The van der Waals surface area contributed by atoms with Crippen LogP contribution in [0, 0.1) is 0 Å². The summed E-state index contributed by atoms with van der Waals surface area (Å²) in [5.41, 5.74) is 0. The molecule has 2 heterocycles. The third-order valence-corrected chi connectivity index (χ3v) is 1.66. The Labute approximate surface area is 70.4 Å². The molecule has 2 aliphatic heterocycles. The van der Waals surface area contributed by atoms with E-state index in [-0.39, 0.29) is 6.10 Å². The zero-order chi connectivity index (χ0) is 8.23. The van der Waals surface area contributed by atoms with Crippen LogP contribution >= 0.6 is 0 Å². The van der Waals surface area contributed by atoms with Gasteiger partial charge in [0.25, 0.3) is 0 Å². The Bertz CT molecular complexity index is 203. The van der Waals surface area contributed by atoms with Crippen LogP contribution in [0.3, 0.4) is 0 Å². The fraction of sp³-hybridized carbons (Fsp3) is 0.500. The van der Waals surface area contributed by atoms with Crippen molar-refractivity contribution >= 4 is 0 Å². The van der Waals surface area contributed by atoms with Crippen LogP contribution in [0.4, 0.5) is 0 Å². The summed E-state index contributed by atoms with van der Waals surface area (Å²) >= 11 is 0. The smallest absolute Gasteiger partial charge is 0.169 e. The lowest BCUT2D eigenvalue weighted by Gasteiger charge is -2.24. The molecule has 0 N–H and O–H groups in total. The highest BCUT2D eigenvalue weighted by Gasteiger charge is 2.21. The van der Waals surface area contributed by atoms with Crippen molar-refractivity contribution in [1.82, 2.24) is 0 Å². The van der Waals surface area contributed by atoms with Gasteiger partial charge in [-0.3, -0.25) is 0 Å². The van der Waals surface area contributed by atoms with Crippen LogP contribution in [-0.4, -0.2) is 25.9 Å². The van der Waals surface area contributed by atoms with Gasteiger partial charge in [0, 0.05) is 0 Å². The zero-order valence-electron chi connectivity index (χ0n) is 6.56. The second kappa shape index (κ2) is 3.60. The fourth-order valence-corrected chi connectivity index (χ4v) is 1.08. The van der Waals surface area contributed by atoms with Gasteiger partial charge in [0.2, 0.25) is 0 Å². The van der Waals surface area contributed by atoms with Crippen molar-refractivity contribution in [2.45, 2.75) is 6.10 Å². The van der Waals surface area contributed by atoms with Crippen molar-refractivity contribution in [3.8, 4) is 0 Å². The van der Waals surface area contributed by atoms with E-state index < -0.39 is 0 Å². The van der Waals surface area contributed by atoms with Crippen molar-refractivity contribution < 1.29 is 18.9 Å². The molecule has 4 nitrogen and oxygen atoms in total. The summed E-state index contributed by atoms with van der Waals surface area (Å²) in [7, 11) is 0. The predicted molar refractivity (Wildman–Crippen MR) is 40.0 cm³/mol. The summed E-state index contributed by atoms with van der Waals surface area (Å²) in [4.78, 5) is 0. The van der Waals surface area contributed by atoms with E-state index in [1.807, 2.05) is 0 Å². The Balaban J connectivity index is 1.93. The normalized spacial score (nSPS) is 28.7. The maximum atomic E-state index is 5.39. The predicted octanol–water partition coefficient (Wildman–Crippen LogP) is 0.761. The molecule has 12 heavy (non-hydrogen) atoms. The lowest BCUT2D eigenvalue weighted by molar-refractivity contribution is -0.0883. The second-order valence-electron chi connectivity index (χ2n) is 2.48. The molecule has 2 aliphatic rings. The number of hydrogen-bond donors (Lipinski definition) is 0. The molecule has 0 spiro atoms. The first-order valence-corrected chi connectivity index (χ1v) is 3.83. The molecule has 4 heteroatoms. The Morgan fingerprint density at radius 1 is 1.25 bits per heavy atom. The van der Waals surface area contributed by atoms with Crippen molar-refractivity contribution in [2.24, 2.45) is 0 Å². The van der Waals surface area contributed by atoms with E-state index in [0.29, 0.717) is 25.6 Å². The third-order valence-electron chi connectivity index (χ3n) is 1.66. The van der Waals surface area contributed by atoms with E-state index in [1.165, 1.54) is 18.8 Å². The van der Waals surface area contributed by atoms with E-state index in [1.54, 1.807) is 0 Å². The number of rotatable bonds is 1. The Morgan fingerprint density at radius 2 is 2.25 bits per heavy atom. The molecular formula is C8H10O4. The van der Waals surface area contributed by atoms with E-state index in [4.69, 9.17) is 18.9 Å². The van der Waals surface area contributed by atoms with Crippen LogP contribution < -0.4 is 0 Å². The lowest BCUT2D eigenvalue weighted by atomic mass is 10.3. The van der Waals surface area contributed by atoms with Crippen LogP contribution in [0.1, 0.15) is 0 Å². The van der Waals surface area contributed by atoms with Gasteiger partial charge in [-0.05, 0) is 0 Å². The average Bonchev–Trinajstić information content (AvgIpc) is 2.21. The second-order valence-corrected chi connectivity index (χ2v) is 2.48. The van der Waals surface area contributed by atoms with Crippen molar-refractivity contribution in [3.63, 3.8) is 0 Å². The van der Waals surface area contributed by atoms with Gasteiger partial charge in [0.1, 0.15) is 24.9 Å². The fourth-order valence-electron chi connectivity index (χ4n) is 1.08. The molecule has 66 valence electrons. The van der Waals surface area contributed by atoms with Crippen LogP contribution in [0.25, 0.3) is 0 Å². The first-order valence-electron chi connectivity index (χ1n) is 3.83. The minimum Gasteiger partial charge on any atom is -0.466 e. The van der Waals surface area contributed by atoms with E-state index >= 15 is 0 Å². The highest BCUT2D eigenvalue weighted by molar-refractivity contribution is 5.02. The molecule has 0 radical (unpaired) electrons. The van der Waals surface area contributed by atoms with Gasteiger partial charge >= 0.3 is 0 Å². The molecule has 1 unspecified atom stereocenters. The van der Waals surface area contributed by atoms with Gasteiger partial charge in [0.05, 0.1) is 19.8 Å². The maximum absolute atomic E-state index is 5.39. The maximum Gasteiger partial charge on any atom is 0.169 e. The van der Waals surface area contributed by atoms with Gasteiger partial charge in [-0.2, -0.15) is 0 Å². The molecule has 0 bridgehead atoms. The Kier molecular flexibility index (Phi) is 2.29. The lowest BCUT2D eigenvalue weighted by Crippen LogP contribution is -2.31. The molecule has 2 rings (SSSR count). The summed E-state index contributed by atoms with van der Waals surface area (Å²) in [6, 6.07) is 0. The van der Waals surface area contributed by atoms with Gasteiger partial charge in [-0.1, -0.05) is 0 Å². The minimum absolute atomic E-state index is 0.122. The quantitative estimate of drug-likeness (QED) is 0.582. The van der Waals surface area contributed by atoms with Crippen LogP contribution in [0.5, 0.6) is 0 Å². The summed E-state index contributed by atoms with van der Waals surface area (Å²) in [5.74, 6) is 0.664. The molecule has 0 aliphatic carbocycles. The monoisotopic (exact) mass is 170 g/mol. The van der Waals surface area contributed by atoms with Gasteiger partial charge in [-0.15, -0.1) is 0 Å². The minimum atomic E-state index is -0.122. The molecule has 0 aromatic carbocycles. The molecule has 1 saturated heterocycles. The van der Waals surface area contributed by atoms with E-state index in [2.05, 4.69) is 0 Å². The largest absolute Gasteiger partial charge is 0.466 e. The Hall–Kier alpha value is -1.00. The van der Waals surface area contributed by atoms with Crippen molar-refractivity contribution in [2.75, 3.05) is 19.8 Å². The topological polar surface area (TPSA) is 36.9 Å². The van der Waals surface area contributed by atoms with Gasteiger partial charge in [-0.25, -0.2) is 0 Å². The number of hydrogen-bond acceptors (Lipinski definition) is 4. The van der Waals surface area contributed by atoms with Crippen LogP contribution in [0.15, 0.2) is 24.5 Å². The summed E-state index contributed by atoms with van der Waals surface area (Å²) in [6.07, 6.45) is 4.35. The highest BCUT2D eigenvalue weighted by atomic mass is 16.6. The molecule has 0 aromatic rings. The summed E-state index contributed by atoms with van der Waals surface area (Å²) in [5, 5.41) is 0.